The largest absolute Gasteiger partial charge is 0.350 e. The number of sulfonamides is 3. The number of hydroxylamine groups is 1. The average molecular weight is 637 g/mol. The normalized spacial score (nSPS) is 21.9. The van der Waals surface area contributed by atoms with Gasteiger partial charge in [-0.1, -0.05) is 12.1 Å². The Kier molecular flexibility index (Phi) is 9.38. The predicted octanol–water partition coefficient (Wildman–Crippen LogP) is 0.874. The molecule has 0 spiro atoms. The number of carbonyl (C=O) groups excluding carboxylic acids is 1. The van der Waals surface area contributed by atoms with Crippen molar-refractivity contribution in [3.63, 3.8) is 0 Å². The first-order chi connectivity index (χ1) is 18.7. The molecular formula is C23H32N4O9S4. The second kappa shape index (κ2) is 12.1. The molecule has 2 aliphatic heterocycles. The van der Waals surface area contributed by atoms with Gasteiger partial charge in [-0.15, -0.1) is 11.3 Å². The molecule has 40 heavy (non-hydrogen) atoms. The summed E-state index contributed by atoms with van der Waals surface area (Å²) in [6.07, 6.45) is 2.60. The molecule has 0 bridgehead atoms. The van der Waals surface area contributed by atoms with Crippen molar-refractivity contribution in [3.05, 3.63) is 36.4 Å². The van der Waals surface area contributed by atoms with E-state index in [4.69, 9.17) is 9.57 Å². The maximum atomic E-state index is 13.7. The van der Waals surface area contributed by atoms with Gasteiger partial charge >= 0.3 is 0 Å². The molecule has 0 saturated carbocycles. The molecule has 1 N–H and O–H groups in total. The van der Waals surface area contributed by atoms with E-state index in [2.05, 4.69) is 5.48 Å². The number of nitrogens with zero attached hydrogens (tertiary/aromatic N) is 3. The number of piperazine rings is 1. The van der Waals surface area contributed by atoms with Gasteiger partial charge in [0.25, 0.3) is 15.9 Å². The molecule has 2 aromatic rings. The summed E-state index contributed by atoms with van der Waals surface area (Å²) in [4.78, 5) is 19.1. The summed E-state index contributed by atoms with van der Waals surface area (Å²) in [7, 11) is -8.67. The maximum Gasteiger partial charge on any atom is 0.263 e. The zero-order chi connectivity index (χ0) is 29.3. The molecule has 2 saturated heterocycles. The van der Waals surface area contributed by atoms with Crippen LogP contribution >= 0.6 is 11.3 Å². The van der Waals surface area contributed by atoms with Crippen LogP contribution in [0.25, 0.3) is 10.4 Å². The number of nitrogens with one attached hydrogen (secondary N) is 1. The number of amides is 1. The molecular weight excluding hydrogens is 605 g/mol. The molecule has 1 aromatic carbocycles. The minimum absolute atomic E-state index is 0.0466. The zero-order valence-electron chi connectivity index (χ0n) is 22.2. The number of hydrogen-bond acceptors (Lipinski definition) is 10. The van der Waals surface area contributed by atoms with Crippen molar-refractivity contribution in [2.45, 2.75) is 40.7 Å². The summed E-state index contributed by atoms with van der Waals surface area (Å²) in [6, 6.07) is 7.69. The third-order valence-corrected chi connectivity index (χ3v) is 13.2. The van der Waals surface area contributed by atoms with E-state index in [0.29, 0.717) is 23.5 Å². The number of thiophene rings is 1. The van der Waals surface area contributed by atoms with Crippen LogP contribution in [-0.2, 0) is 44.4 Å². The van der Waals surface area contributed by atoms with Gasteiger partial charge in [0, 0.05) is 51.6 Å². The fourth-order valence-corrected chi connectivity index (χ4v) is 9.01. The Labute approximate surface area is 238 Å². The third-order valence-electron chi connectivity index (χ3n) is 6.56. The van der Waals surface area contributed by atoms with Crippen molar-refractivity contribution in [2.24, 2.45) is 0 Å². The van der Waals surface area contributed by atoms with E-state index in [1.807, 2.05) is 0 Å². The SMILES string of the molecule is CN(C)S(=O)(=O)c1ccc(-c2ccc(S(=O)(=O)N3CCN(S(C)(=O)=O)C[C@@H]3C(=O)NOC3CCCCO3)s2)cc1. The fraction of sp³-hybridized carbons (Fsp3) is 0.522. The van der Waals surface area contributed by atoms with Gasteiger partial charge in [0.05, 0.1) is 11.2 Å². The summed E-state index contributed by atoms with van der Waals surface area (Å²) in [5.41, 5.74) is 2.88. The van der Waals surface area contributed by atoms with Crippen LogP contribution in [0.15, 0.2) is 45.5 Å². The van der Waals surface area contributed by atoms with Gasteiger partial charge in [-0.2, -0.15) is 8.61 Å². The Morgan fingerprint density at radius 3 is 2.33 bits per heavy atom. The molecule has 13 nitrogen and oxygen atoms in total. The van der Waals surface area contributed by atoms with Crippen LogP contribution in [0.3, 0.4) is 0 Å². The number of hydrogen-bond donors (Lipinski definition) is 1. The van der Waals surface area contributed by atoms with E-state index in [1.165, 1.54) is 32.3 Å². The zero-order valence-corrected chi connectivity index (χ0v) is 25.5. The summed E-state index contributed by atoms with van der Waals surface area (Å²) < 4.78 is 85.1. The lowest BCUT2D eigenvalue weighted by atomic mass is 10.2. The van der Waals surface area contributed by atoms with Crippen LogP contribution in [-0.4, -0.2) is 103 Å². The smallest absolute Gasteiger partial charge is 0.263 e. The molecule has 2 atom stereocenters. The van der Waals surface area contributed by atoms with Crippen molar-refractivity contribution >= 4 is 47.3 Å². The minimum atomic E-state index is -4.22. The quantitative estimate of drug-likeness (QED) is 0.394. The Morgan fingerprint density at radius 1 is 1.02 bits per heavy atom. The van der Waals surface area contributed by atoms with Gasteiger partial charge in [-0.05, 0) is 42.7 Å². The first-order valence-corrected chi connectivity index (χ1v) is 17.9. The topological polar surface area (TPSA) is 160 Å². The van der Waals surface area contributed by atoms with E-state index in [1.54, 1.807) is 18.2 Å². The first kappa shape index (κ1) is 31.0. The van der Waals surface area contributed by atoms with E-state index >= 15 is 0 Å². The van der Waals surface area contributed by atoms with Crippen molar-refractivity contribution in [3.8, 4) is 10.4 Å². The van der Waals surface area contributed by atoms with E-state index in [0.717, 1.165) is 43.3 Å². The van der Waals surface area contributed by atoms with E-state index in [-0.39, 0.29) is 28.7 Å². The monoisotopic (exact) mass is 636 g/mol. The third kappa shape index (κ3) is 6.74. The summed E-state index contributed by atoms with van der Waals surface area (Å²) in [5.74, 6) is -0.805. The summed E-state index contributed by atoms with van der Waals surface area (Å²) in [6.45, 7) is -0.258. The lowest BCUT2D eigenvalue weighted by Crippen LogP contribution is -2.61. The second-order valence-electron chi connectivity index (χ2n) is 9.56. The number of rotatable bonds is 9. The highest BCUT2D eigenvalue weighted by Gasteiger charge is 2.43. The van der Waals surface area contributed by atoms with Crippen molar-refractivity contribution in [2.75, 3.05) is 46.6 Å². The van der Waals surface area contributed by atoms with Crippen LogP contribution in [0.2, 0.25) is 0 Å². The lowest BCUT2D eigenvalue weighted by Gasteiger charge is -2.38. The molecule has 0 radical (unpaired) electrons. The van der Waals surface area contributed by atoms with Crippen LogP contribution in [0, 0.1) is 0 Å². The van der Waals surface area contributed by atoms with Gasteiger partial charge in [0.15, 0.2) is 6.29 Å². The van der Waals surface area contributed by atoms with Crippen molar-refractivity contribution < 1.29 is 39.6 Å². The summed E-state index contributed by atoms with van der Waals surface area (Å²) in [5, 5.41) is 0. The van der Waals surface area contributed by atoms with Crippen molar-refractivity contribution in [1.29, 1.82) is 0 Å². The van der Waals surface area contributed by atoms with E-state index < -0.39 is 48.3 Å². The molecule has 2 fully saturated rings. The van der Waals surface area contributed by atoms with Gasteiger partial charge in [-0.25, -0.2) is 39.9 Å². The molecule has 3 heterocycles. The van der Waals surface area contributed by atoms with Crippen LogP contribution < -0.4 is 5.48 Å². The molecule has 1 aromatic heterocycles. The Morgan fingerprint density at radius 2 is 1.73 bits per heavy atom. The highest BCUT2D eigenvalue weighted by molar-refractivity contribution is 7.91. The van der Waals surface area contributed by atoms with E-state index in [9.17, 15) is 30.0 Å². The average Bonchev–Trinajstić information content (AvgIpc) is 3.43. The lowest BCUT2D eigenvalue weighted by molar-refractivity contribution is -0.202. The number of ether oxygens (including phenoxy) is 1. The summed E-state index contributed by atoms with van der Waals surface area (Å²) >= 11 is 0.958. The Bertz CT molecular complexity index is 1530. The van der Waals surface area contributed by atoms with Gasteiger partial charge < -0.3 is 4.74 Å². The molecule has 222 valence electrons. The van der Waals surface area contributed by atoms with Crippen LogP contribution in [0.4, 0.5) is 0 Å². The molecule has 1 amide bonds. The highest BCUT2D eigenvalue weighted by atomic mass is 32.2. The molecule has 0 aliphatic carbocycles. The number of benzene rings is 1. The predicted molar refractivity (Wildman–Crippen MR) is 148 cm³/mol. The molecule has 1 unspecified atom stereocenters. The number of carbonyl (C=O) groups is 1. The Balaban J connectivity index is 1.57. The molecule has 2 aliphatic rings. The van der Waals surface area contributed by atoms with Crippen LogP contribution in [0.5, 0.6) is 0 Å². The van der Waals surface area contributed by atoms with Crippen molar-refractivity contribution in [1.82, 2.24) is 18.4 Å². The fourth-order valence-electron chi connectivity index (χ4n) is 4.27. The second-order valence-corrected chi connectivity index (χ2v) is 16.9. The first-order valence-electron chi connectivity index (χ1n) is 12.4. The van der Waals surface area contributed by atoms with Crippen LogP contribution in [0.1, 0.15) is 19.3 Å². The highest BCUT2D eigenvalue weighted by Crippen LogP contribution is 2.34. The van der Waals surface area contributed by atoms with Gasteiger partial charge in [0.1, 0.15) is 10.3 Å². The minimum Gasteiger partial charge on any atom is -0.350 e. The molecule has 4 rings (SSSR count). The Hall–Kier alpha value is -1.96. The van der Waals surface area contributed by atoms with Gasteiger partial charge in [-0.3, -0.25) is 4.79 Å². The molecule has 17 heteroatoms. The van der Waals surface area contributed by atoms with Gasteiger partial charge in [0.2, 0.25) is 20.0 Å². The maximum absolute atomic E-state index is 13.7. The standard InChI is InChI=1S/C23H32N4O9S4/c1-25(2)39(31,32)18-9-7-17(8-10-18)20-11-12-22(37-20)40(33,34)27-14-13-26(38(3,29)30)16-19(27)23(28)24-36-21-6-4-5-15-35-21/h7-12,19,21H,4-6,13-16H2,1-3H3,(H,24,28)/t19-,21?/m1/s1.